The van der Waals surface area contributed by atoms with Gasteiger partial charge in [0, 0.05) is 6.54 Å². The topological polar surface area (TPSA) is 92.8 Å². The summed E-state index contributed by atoms with van der Waals surface area (Å²) in [6.45, 7) is 1.37. The lowest BCUT2D eigenvalue weighted by atomic mass is 9.85. The van der Waals surface area contributed by atoms with Crippen LogP contribution in [0.15, 0.2) is 30.4 Å². The largest absolute Gasteiger partial charge is 0.456 e. The van der Waals surface area contributed by atoms with Crippen molar-refractivity contribution in [3.05, 3.63) is 40.9 Å². The number of halogens is 1. The molecule has 0 saturated carbocycles. The highest BCUT2D eigenvalue weighted by Gasteiger charge is 2.46. The smallest absolute Gasteiger partial charge is 0.308 e. The molecule has 0 spiro atoms. The van der Waals surface area contributed by atoms with Crippen molar-refractivity contribution >= 4 is 41.0 Å². The lowest BCUT2D eigenvalue weighted by Crippen LogP contribution is -2.33. The van der Waals surface area contributed by atoms with Crippen LogP contribution in [0.2, 0.25) is 5.02 Å². The van der Waals surface area contributed by atoms with Gasteiger partial charge in [-0.25, -0.2) is 0 Å². The van der Waals surface area contributed by atoms with Crippen LogP contribution >= 0.6 is 11.6 Å². The molecule has 2 atom stereocenters. The maximum atomic E-state index is 12.3. The van der Waals surface area contributed by atoms with Crippen LogP contribution in [0.25, 0.3) is 0 Å². The number of likely N-dealkylation sites (tertiary alicyclic amines) is 1. The van der Waals surface area contributed by atoms with Crippen molar-refractivity contribution in [2.75, 3.05) is 18.5 Å². The molecule has 0 aromatic heterocycles. The van der Waals surface area contributed by atoms with Gasteiger partial charge in [0.25, 0.3) is 5.91 Å². The molecule has 1 aliphatic carbocycles. The number of carbonyl (C=O) groups is 4. The monoisotopic (exact) mass is 404 g/mol. The molecule has 0 unspecified atom stereocenters. The van der Waals surface area contributed by atoms with E-state index < -0.39 is 18.5 Å². The summed E-state index contributed by atoms with van der Waals surface area (Å²) < 4.78 is 4.93. The van der Waals surface area contributed by atoms with Crippen LogP contribution in [0.4, 0.5) is 5.69 Å². The van der Waals surface area contributed by atoms with E-state index >= 15 is 0 Å². The Bertz CT molecular complexity index is 825. The van der Waals surface area contributed by atoms with Gasteiger partial charge in [-0.1, -0.05) is 29.8 Å². The van der Waals surface area contributed by atoms with Crippen molar-refractivity contribution in [3.63, 3.8) is 0 Å². The van der Waals surface area contributed by atoms with Crippen LogP contribution in [0.5, 0.6) is 0 Å². The van der Waals surface area contributed by atoms with E-state index in [0.717, 1.165) is 10.5 Å². The molecule has 0 radical (unpaired) electrons. The van der Waals surface area contributed by atoms with Crippen molar-refractivity contribution in [2.45, 2.75) is 26.2 Å². The number of anilines is 1. The first-order valence-electron chi connectivity index (χ1n) is 9.08. The number of aryl methyl sites for hydroxylation is 1. The number of esters is 1. The fraction of sp³-hybridized carbons (Fsp3) is 0.400. The van der Waals surface area contributed by atoms with Gasteiger partial charge in [0.15, 0.2) is 6.61 Å². The summed E-state index contributed by atoms with van der Waals surface area (Å²) in [5.41, 5.74) is 1.38. The lowest BCUT2D eigenvalue weighted by Gasteiger charge is -2.14. The number of imide groups is 1. The number of nitrogens with one attached hydrogen (secondary N) is 1. The van der Waals surface area contributed by atoms with E-state index in [-0.39, 0.29) is 36.6 Å². The summed E-state index contributed by atoms with van der Waals surface area (Å²) in [7, 11) is 0. The number of fused-ring (bicyclic) bond motifs is 1. The third-order valence-corrected chi connectivity index (χ3v) is 5.21. The van der Waals surface area contributed by atoms with E-state index in [1.807, 2.05) is 19.1 Å². The predicted molar refractivity (Wildman–Crippen MR) is 102 cm³/mol. The molecule has 28 heavy (non-hydrogen) atoms. The minimum atomic E-state index is -0.654. The zero-order valence-electron chi connectivity index (χ0n) is 15.4. The molecular formula is C20H21ClN2O5. The zero-order valence-corrected chi connectivity index (χ0v) is 16.2. The number of nitrogens with zero attached hydrogens (tertiary/aromatic N) is 1. The third kappa shape index (κ3) is 4.42. The fourth-order valence-electron chi connectivity index (χ4n) is 3.42. The Hall–Kier alpha value is -2.67. The maximum Gasteiger partial charge on any atom is 0.308 e. The van der Waals surface area contributed by atoms with Crippen LogP contribution in [0.1, 0.15) is 24.8 Å². The number of rotatable bonds is 6. The number of carbonyl (C=O) groups excluding carboxylic acids is 4. The van der Waals surface area contributed by atoms with E-state index in [1.54, 1.807) is 18.2 Å². The first-order chi connectivity index (χ1) is 13.4. The molecule has 2 aliphatic rings. The highest BCUT2D eigenvalue weighted by Crippen LogP contribution is 2.35. The Morgan fingerprint density at radius 2 is 1.82 bits per heavy atom. The Morgan fingerprint density at radius 3 is 2.43 bits per heavy atom. The van der Waals surface area contributed by atoms with E-state index in [2.05, 4.69) is 5.32 Å². The Balaban J connectivity index is 1.44. The van der Waals surface area contributed by atoms with Crippen LogP contribution in [0, 0.1) is 18.8 Å². The van der Waals surface area contributed by atoms with Crippen LogP contribution < -0.4 is 5.32 Å². The van der Waals surface area contributed by atoms with Gasteiger partial charge in [-0.05, 0) is 37.5 Å². The number of ether oxygens (including phenoxy) is 1. The first kappa shape index (κ1) is 20.1. The lowest BCUT2D eigenvalue weighted by molar-refractivity contribution is -0.148. The summed E-state index contributed by atoms with van der Waals surface area (Å²) >= 11 is 6.04. The van der Waals surface area contributed by atoms with Crippen LogP contribution in [-0.4, -0.2) is 41.7 Å². The summed E-state index contributed by atoms with van der Waals surface area (Å²) in [6.07, 6.45) is 4.77. The number of amides is 3. The molecule has 1 aromatic carbocycles. The van der Waals surface area contributed by atoms with Gasteiger partial charge in [0.2, 0.25) is 11.8 Å². The molecule has 1 heterocycles. The molecule has 1 aliphatic heterocycles. The highest BCUT2D eigenvalue weighted by molar-refractivity contribution is 6.33. The van der Waals surface area contributed by atoms with Crippen molar-refractivity contribution in [3.8, 4) is 0 Å². The van der Waals surface area contributed by atoms with Gasteiger partial charge in [0.1, 0.15) is 0 Å². The molecule has 1 saturated heterocycles. The Kier molecular flexibility index (Phi) is 6.14. The molecule has 7 nitrogen and oxygen atoms in total. The van der Waals surface area contributed by atoms with Crippen molar-refractivity contribution in [1.29, 1.82) is 0 Å². The highest BCUT2D eigenvalue weighted by atomic mass is 35.5. The zero-order chi connectivity index (χ0) is 20.3. The van der Waals surface area contributed by atoms with Gasteiger partial charge in [-0.15, -0.1) is 0 Å². The van der Waals surface area contributed by atoms with E-state index in [0.29, 0.717) is 23.6 Å². The van der Waals surface area contributed by atoms with Crippen LogP contribution in [-0.2, 0) is 23.9 Å². The molecule has 148 valence electrons. The third-order valence-electron chi connectivity index (χ3n) is 4.90. The maximum absolute atomic E-state index is 12.3. The van der Waals surface area contributed by atoms with Crippen LogP contribution in [0.3, 0.4) is 0 Å². The number of hydrogen-bond donors (Lipinski definition) is 1. The normalized spacial score (nSPS) is 20.9. The molecular weight excluding hydrogens is 384 g/mol. The summed E-state index contributed by atoms with van der Waals surface area (Å²) in [5.74, 6) is -2.29. The van der Waals surface area contributed by atoms with Gasteiger partial charge >= 0.3 is 5.97 Å². The minimum absolute atomic E-state index is 0.0328. The predicted octanol–water partition coefficient (Wildman–Crippen LogP) is 2.47. The number of allylic oxidation sites excluding steroid dienone is 2. The number of benzene rings is 1. The van der Waals surface area contributed by atoms with E-state index in [1.165, 1.54) is 0 Å². The fourth-order valence-corrected chi connectivity index (χ4v) is 3.70. The quantitative estimate of drug-likeness (QED) is 0.446. The standard InChI is InChI=1S/C20H21ClN2O5/c1-12-6-7-16(15(21)10-12)22-17(24)11-28-18(25)8-9-23-19(26)13-4-2-3-5-14(13)20(23)27/h2-3,6-7,10,13-14H,4-5,8-9,11H2,1H3,(H,22,24)/t13-,14-/m0/s1. The molecule has 3 amide bonds. The second kappa shape index (κ2) is 8.56. The molecule has 1 aromatic rings. The summed E-state index contributed by atoms with van der Waals surface area (Å²) in [5, 5.41) is 2.95. The molecule has 1 fully saturated rings. The van der Waals surface area contributed by atoms with Crippen molar-refractivity contribution in [1.82, 2.24) is 4.90 Å². The molecule has 1 N–H and O–H groups in total. The van der Waals surface area contributed by atoms with Crippen molar-refractivity contribution in [2.24, 2.45) is 11.8 Å². The van der Waals surface area contributed by atoms with Gasteiger partial charge in [0.05, 0.1) is 29.0 Å². The van der Waals surface area contributed by atoms with Gasteiger partial charge < -0.3 is 10.1 Å². The van der Waals surface area contributed by atoms with Gasteiger partial charge in [-0.3, -0.25) is 24.1 Å². The average molecular weight is 405 g/mol. The second-order valence-corrected chi connectivity index (χ2v) is 7.33. The summed E-state index contributed by atoms with van der Waals surface area (Å²) in [4.78, 5) is 49.6. The Morgan fingerprint density at radius 1 is 1.18 bits per heavy atom. The second-order valence-electron chi connectivity index (χ2n) is 6.93. The molecule has 8 heteroatoms. The first-order valence-corrected chi connectivity index (χ1v) is 9.46. The number of hydrogen-bond acceptors (Lipinski definition) is 5. The Labute approximate surface area is 167 Å². The average Bonchev–Trinajstić information content (AvgIpc) is 2.91. The van der Waals surface area contributed by atoms with Gasteiger partial charge in [-0.2, -0.15) is 0 Å². The van der Waals surface area contributed by atoms with Crippen molar-refractivity contribution < 1.29 is 23.9 Å². The van der Waals surface area contributed by atoms with E-state index in [4.69, 9.17) is 16.3 Å². The SMILES string of the molecule is Cc1ccc(NC(=O)COC(=O)CCN2C(=O)[C@H]3CC=CC[C@@H]3C2=O)c(Cl)c1. The van der Waals surface area contributed by atoms with E-state index in [9.17, 15) is 19.2 Å². The minimum Gasteiger partial charge on any atom is -0.456 e. The molecule has 3 rings (SSSR count). The summed E-state index contributed by atoms with van der Waals surface area (Å²) in [6, 6.07) is 5.17. The molecule has 0 bridgehead atoms.